The Balaban J connectivity index is 2.89. The van der Waals surface area contributed by atoms with Gasteiger partial charge in [0.25, 0.3) is 0 Å². The van der Waals surface area contributed by atoms with Crippen molar-refractivity contribution in [3.05, 3.63) is 28.2 Å². The van der Waals surface area contributed by atoms with Crippen LogP contribution in [0.15, 0.2) is 22.7 Å². The Morgan fingerprint density at radius 1 is 1.39 bits per heavy atom. The second kappa shape index (κ2) is 5.97. The standard InChI is InChI=1S/C12H15BrN2O3/c1-6(2)10(14)11(16)15-7-3-4-9(13)8(5-7)12(17)18/h3-6,10H,14H2,1-2H3,(H,15,16)(H,17,18)/t10-/m0/s1. The number of benzene rings is 1. The Morgan fingerprint density at radius 2 is 2.00 bits per heavy atom. The van der Waals surface area contributed by atoms with Crippen molar-refractivity contribution in [2.24, 2.45) is 11.7 Å². The molecular formula is C12H15BrN2O3. The summed E-state index contributed by atoms with van der Waals surface area (Å²) in [6.45, 7) is 3.68. The number of carbonyl (C=O) groups is 2. The van der Waals surface area contributed by atoms with Crippen LogP contribution in [0, 0.1) is 5.92 Å². The largest absolute Gasteiger partial charge is 0.478 e. The zero-order valence-electron chi connectivity index (χ0n) is 10.1. The van der Waals surface area contributed by atoms with E-state index in [4.69, 9.17) is 10.8 Å². The summed E-state index contributed by atoms with van der Waals surface area (Å²) in [6.07, 6.45) is 0. The van der Waals surface area contributed by atoms with Crippen LogP contribution in [-0.4, -0.2) is 23.0 Å². The van der Waals surface area contributed by atoms with E-state index in [0.717, 1.165) is 0 Å². The summed E-state index contributed by atoms with van der Waals surface area (Å²) in [4.78, 5) is 22.7. The number of nitrogens with two attached hydrogens (primary N) is 1. The number of carbonyl (C=O) groups excluding carboxylic acids is 1. The van der Waals surface area contributed by atoms with E-state index in [2.05, 4.69) is 21.2 Å². The average Bonchev–Trinajstić information content (AvgIpc) is 2.29. The van der Waals surface area contributed by atoms with E-state index in [1.807, 2.05) is 13.8 Å². The molecule has 6 heteroatoms. The van der Waals surface area contributed by atoms with E-state index in [0.29, 0.717) is 10.2 Å². The molecule has 0 aliphatic carbocycles. The SMILES string of the molecule is CC(C)[C@H](N)C(=O)Nc1ccc(Br)c(C(=O)O)c1. The van der Waals surface area contributed by atoms with Crippen LogP contribution in [0.1, 0.15) is 24.2 Å². The van der Waals surface area contributed by atoms with Gasteiger partial charge in [-0.1, -0.05) is 13.8 Å². The molecule has 1 aromatic rings. The molecule has 18 heavy (non-hydrogen) atoms. The molecule has 0 aliphatic rings. The Morgan fingerprint density at radius 3 is 2.50 bits per heavy atom. The zero-order valence-corrected chi connectivity index (χ0v) is 11.7. The Kier molecular flexibility index (Phi) is 4.86. The highest BCUT2D eigenvalue weighted by molar-refractivity contribution is 9.10. The molecule has 0 aromatic heterocycles. The van der Waals surface area contributed by atoms with Crippen LogP contribution in [0.2, 0.25) is 0 Å². The van der Waals surface area contributed by atoms with Gasteiger partial charge in [0.1, 0.15) is 0 Å². The van der Waals surface area contributed by atoms with Crippen molar-refractivity contribution in [2.45, 2.75) is 19.9 Å². The van der Waals surface area contributed by atoms with Gasteiger partial charge in [0.15, 0.2) is 0 Å². The predicted molar refractivity (Wildman–Crippen MR) is 72.5 cm³/mol. The minimum atomic E-state index is -1.06. The summed E-state index contributed by atoms with van der Waals surface area (Å²) in [7, 11) is 0. The molecule has 0 radical (unpaired) electrons. The number of amides is 1. The summed E-state index contributed by atoms with van der Waals surface area (Å²) in [5.41, 5.74) is 6.20. The van der Waals surface area contributed by atoms with Crippen LogP contribution >= 0.6 is 15.9 Å². The molecule has 5 nitrogen and oxygen atoms in total. The summed E-state index contributed by atoms with van der Waals surface area (Å²) >= 11 is 3.13. The first kappa shape index (κ1) is 14.7. The lowest BCUT2D eigenvalue weighted by atomic mass is 10.0. The molecule has 1 rings (SSSR count). The van der Waals surface area contributed by atoms with Crippen molar-refractivity contribution in [3.8, 4) is 0 Å². The van der Waals surface area contributed by atoms with Gasteiger partial charge in [0, 0.05) is 10.2 Å². The van der Waals surface area contributed by atoms with Gasteiger partial charge in [-0.05, 0) is 40.0 Å². The minimum Gasteiger partial charge on any atom is -0.478 e. The second-order valence-electron chi connectivity index (χ2n) is 4.26. The van der Waals surface area contributed by atoms with E-state index in [1.54, 1.807) is 12.1 Å². The fourth-order valence-electron chi connectivity index (χ4n) is 1.30. The fourth-order valence-corrected chi connectivity index (χ4v) is 1.71. The van der Waals surface area contributed by atoms with Gasteiger partial charge in [-0.15, -0.1) is 0 Å². The van der Waals surface area contributed by atoms with Gasteiger partial charge in [-0.3, -0.25) is 4.79 Å². The molecule has 0 fully saturated rings. The highest BCUT2D eigenvalue weighted by atomic mass is 79.9. The normalized spacial score (nSPS) is 12.3. The maximum Gasteiger partial charge on any atom is 0.336 e. The zero-order chi connectivity index (χ0) is 13.9. The molecule has 0 unspecified atom stereocenters. The average molecular weight is 315 g/mol. The van der Waals surface area contributed by atoms with Crippen LogP contribution < -0.4 is 11.1 Å². The van der Waals surface area contributed by atoms with Gasteiger partial charge in [-0.2, -0.15) is 0 Å². The van der Waals surface area contributed by atoms with Gasteiger partial charge >= 0.3 is 5.97 Å². The fraction of sp³-hybridized carbons (Fsp3) is 0.333. The second-order valence-corrected chi connectivity index (χ2v) is 5.11. The molecule has 0 saturated heterocycles. The van der Waals surface area contributed by atoms with Crippen LogP contribution in [0.25, 0.3) is 0 Å². The summed E-state index contributed by atoms with van der Waals surface area (Å²) in [5.74, 6) is -1.38. The number of nitrogens with one attached hydrogen (secondary N) is 1. The van der Waals surface area contributed by atoms with Crippen molar-refractivity contribution in [1.29, 1.82) is 0 Å². The highest BCUT2D eigenvalue weighted by Gasteiger charge is 2.18. The predicted octanol–water partition coefficient (Wildman–Crippen LogP) is 2.07. The number of carboxylic acids is 1. The van der Waals surface area contributed by atoms with Gasteiger partial charge in [0.2, 0.25) is 5.91 Å². The molecule has 0 aliphatic heterocycles. The molecule has 0 saturated carbocycles. The minimum absolute atomic E-state index is 0.0133. The van der Waals surface area contributed by atoms with E-state index in [-0.39, 0.29) is 17.4 Å². The number of halogens is 1. The first-order valence-corrected chi connectivity index (χ1v) is 6.21. The number of anilines is 1. The number of rotatable bonds is 4. The molecule has 0 bridgehead atoms. The maximum absolute atomic E-state index is 11.7. The van der Waals surface area contributed by atoms with Crippen LogP contribution in [0.3, 0.4) is 0 Å². The lowest BCUT2D eigenvalue weighted by Gasteiger charge is -2.15. The molecule has 0 heterocycles. The number of carboxylic acid groups (broad SMARTS) is 1. The van der Waals surface area contributed by atoms with Crippen LogP contribution in [-0.2, 0) is 4.79 Å². The first-order valence-electron chi connectivity index (χ1n) is 5.42. The topological polar surface area (TPSA) is 92.4 Å². The Labute approximate surface area is 113 Å². The number of hydrogen-bond donors (Lipinski definition) is 3. The van der Waals surface area contributed by atoms with Crippen molar-refractivity contribution >= 4 is 33.5 Å². The number of hydrogen-bond acceptors (Lipinski definition) is 3. The van der Waals surface area contributed by atoms with Crippen molar-refractivity contribution < 1.29 is 14.7 Å². The van der Waals surface area contributed by atoms with Crippen LogP contribution in [0.4, 0.5) is 5.69 Å². The molecule has 1 atom stereocenters. The number of aromatic carboxylic acids is 1. The van der Waals surface area contributed by atoms with Crippen molar-refractivity contribution in [3.63, 3.8) is 0 Å². The van der Waals surface area contributed by atoms with E-state index in [1.165, 1.54) is 6.07 Å². The van der Waals surface area contributed by atoms with Crippen molar-refractivity contribution in [2.75, 3.05) is 5.32 Å². The molecule has 1 aromatic carbocycles. The summed E-state index contributed by atoms with van der Waals surface area (Å²) in [6, 6.07) is 3.95. The highest BCUT2D eigenvalue weighted by Crippen LogP contribution is 2.21. The van der Waals surface area contributed by atoms with E-state index >= 15 is 0 Å². The smallest absolute Gasteiger partial charge is 0.336 e. The molecule has 1 amide bonds. The van der Waals surface area contributed by atoms with E-state index < -0.39 is 12.0 Å². The summed E-state index contributed by atoms with van der Waals surface area (Å²) in [5, 5.41) is 11.6. The van der Waals surface area contributed by atoms with Crippen molar-refractivity contribution in [1.82, 2.24) is 0 Å². The van der Waals surface area contributed by atoms with Gasteiger partial charge in [-0.25, -0.2) is 4.79 Å². The molecule has 4 N–H and O–H groups in total. The Hall–Kier alpha value is -1.40. The Bertz CT molecular complexity index is 474. The lowest BCUT2D eigenvalue weighted by molar-refractivity contribution is -0.118. The third-order valence-electron chi connectivity index (χ3n) is 2.49. The van der Waals surface area contributed by atoms with Gasteiger partial charge < -0.3 is 16.2 Å². The van der Waals surface area contributed by atoms with Crippen LogP contribution in [0.5, 0.6) is 0 Å². The first-order chi connectivity index (χ1) is 8.32. The quantitative estimate of drug-likeness (QED) is 0.793. The molecular weight excluding hydrogens is 300 g/mol. The van der Waals surface area contributed by atoms with E-state index in [9.17, 15) is 9.59 Å². The van der Waals surface area contributed by atoms with Gasteiger partial charge in [0.05, 0.1) is 11.6 Å². The summed E-state index contributed by atoms with van der Waals surface area (Å²) < 4.78 is 0.459. The third-order valence-corrected chi connectivity index (χ3v) is 3.18. The molecule has 0 spiro atoms. The lowest BCUT2D eigenvalue weighted by Crippen LogP contribution is -2.39. The monoisotopic (exact) mass is 314 g/mol. The maximum atomic E-state index is 11.7. The third kappa shape index (κ3) is 3.54. The molecule has 98 valence electrons.